The molecular formula is C37H34N10O3. The molecule has 2 saturated carbocycles. The van der Waals surface area contributed by atoms with Crippen molar-refractivity contribution in [2.45, 2.75) is 51.4 Å². The van der Waals surface area contributed by atoms with Gasteiger partial charge < -0.3 is 0 Å². The van der Waals surface area contributed by atoms with Crippen LogP contribution in [0.3, 0.4) is 0 Å². The number of hydrogen-bond acceptors (Lipinski definition) is 9. The second-order valence-corrected chi connectivity index (χ2v) is 12.8. The van der Waals surface area contributed by atoms with Crippen LogP contribution in [0.2, 0.25) is 0 Å². The fraction of sp³-hybridized carbons (Fsp3) is 0.270. The van der Waals surface area contributed by atoms with Crippen molar-refractivity contribution in [3.05, 3.63) is 109 Å². The number of aromatic amines is 1. The second kappa shape index (κ2) is 13.4. The number of benzene rings is 1. The summed E-state index contributed by atoms with van der Waals surface area (Å²) in [6.45, 7) is 0. The Labute approximate surface area is 286 Å². The molecule has 1 aromatic carbocycles. The Bertz CT molecular complexity index is 2310. The minimum atomic E-state index is -0.0633. The standard InChI is InChI=1S/C23H21N5O2.C14H13N5O/c29-20(17-10-11-17)13-21-25-22-8-4-7-19(28(22)26-21)18-14-24-27(15-18)23(30)12-9-16-5-2-1-3-6-16;20-12(9-4-5-9)6-13-17-14-3-1-2-11(19(14)18-13)10-7-15-16-8-10/h1-8,14-15,17H,9-13H2;1-3,7-9H,4-6H2,(H,15,16). The summed E-state index contributed by atoms with van der Waals surface area (Å²) in [7, 11) is 0. The molecule has 0 amide bonds. The van der Waals surface area contributed by atoms with Crippen LogP contribution in [-0.4, -0.2) is 66.6 Å². The molecule has 0 radical (unpaired) electrons. The first kappa shape index (κ1) is 31.2. The van der Waals surface area contributed by atoms with Crippen LogP contribution >= 0.6 is 0 Å². The summed E-state index contributed by atoms with van der Waals surface area (Å²) in [5.74, 6) is 1.97. The molecule has 7 aromatic rings. The molecule has 0 atom stereocenters. The zero-order chi connectivity index (χ0) is 34.0. The van der Waals surface area contributed by atoms with Gasteiger partial charge in [-0.1, -0.05) is 42.5 Å². The lowest BCUT2D eigenvalue weighted by atomic mass is 10.1. The number of H-pyrrole nitrogens is 1. The van der Waals surface area contributed by atoms with E-state index in [1.807, 2.05) is 72.9 Å². The van der Waals surface area contributed by atoms with Gasteiger partial charge in [0.25, 0.3) is 0 Å². The molecule has 0 unspecified atom stereocenters. The monoisotopic (exact) mass is 666 g/mol. The minimum Gasteiger partial charge on any atom is -0.299 e. The van der Waals surface area contributed by atoms with Crippen LogP contribution in [0.1, 0.15) is 54.1 Å². The van der Waals surface area contributed by atoms with Crippen LogP contribution in [0.5, 0.6) is 0 Å². The molecule has 1 N–H and O–H groups in total. The number of aromatic nitrogens is 10. The van der Waals surface area contributed by atoms with E-state index in [-0.39, 0.29) is 35.7 Å². The number of nitrogens with one attached hydrogen (secondary N) is 1. The van der Waals surface area contributed by atoms with E-state index in [1.165, 1.54) is 4.68 Å². The SMILES string of the molecule is O=C(Cc1nc2cccc(-c3cn[nH]c3)n2n1)C1CC1.O=C(Cc1nc2cccc(-c3cnn(C(=O)CCc4ccccc4)c3)n2n1)C1CC1. The number of fused-ring (bicyclic) bond motifs is 2. The number of Topliss-reactive ketones (excluding diaryl/α,β-unsaturated/α-hetero) is 2. The molecule has 250 valence electrons. The van der Waals surface area contributed by atoms with Crippen molar-refractivity contribution < 1.29 is 14.4 Å². The maximum absolute atomic E-state index is 12.5. The molecule has 2 aliphatic rings. The molecule has 6 heterocycles. The van der Waals surface area contributed by atoms with E-state index in [0.717, 1.165) is 59.4 Å². The molecule has 0 bridgehead atoms. The number of carbonyl (C=O) groups is 3. The normalized spacial score (nSPS) is 14.1. The van der Waals surface area contributed by atoms with E-state index < -0.39 is 0 Å². The van der Waals surface area contributed by atoms with Gasteiger partial charge in [0.05, 0.1) is 36.6 Å². The van der Waals surface area contributed by atoms with Crippen molar-refractivity contribution in [1.82, 2.24) is 49.2 Å². The van der Waals surface area contributed by atoms with Gasteiger partial charge in [0.15, 0.2) is 22.9 Å². The smallest absolute Gasteiger partial charge is 0.247 e. The largest absolute Gasteiger partial charge is 0.299 e. The third kappa shape index (κ3) is 6.88. The summed E-state index contributed by atoms with van der Waals surface area (Å²) < 4.78 is 4.86. The summed E-state index contributed by atoms with van der Waals surface area (Å²) in [5.41, 5.74) is 5.97. The predicted molar refractivity (Wildman–Crippen MR) is 183 cm³/mol. The lowest BCUT2D eigenvalue weighted by Gasteiger charge is -2.02. The topological polar surface area (TPSA) is 158 Å². The van der Waals surface area contributed by atoms with Gasteiger partial charge in [0.1, 0.15) is 11.6 Å². The van der Waals surface area contributed by atoms with E-state index in [0.29, 0.717) is 36.6 Å². The number of rotatable bonds is 11. The molecule has 50 heavy (non-hydrogen) atoms. The molecular weight excluding hydrogens is 632 g/mol. The highest BCUT2D eigenvalue weighted by Crippen LogP contribution is 2.31. The second-order valence-electron chi connectivity index (χ2n) is 12.8. The fourth-order valence-electron chi connectivity index (χ4n) is 5.89. The number of nitrogens with zero attached hydrogens (tertiary/aromatic N) is 9. The Hall–Kier alpha value is -6.11. The Kier molecular flexibility index (Phi) is 8.37. The summed E-state index contributed by atoms with van der Waals surface area (Å²) in [6.07, 6.45) is 12.6. The van der Waals surface area contributed by atoms with Crippen molar-refractivity contribution in [1.29, 1.82) is 0 Å². The van der Waals surface area contributed by atoms with E-state index in [1.54, 1.807) is 27.6 Å². The molecule has 13 nitrogen and oxygen atoms in total. The van der Waals surface area contributed by atoms with E-state index in [9.17, 15) is 14.4 Å². The highest BCUT2D eigenvalue weighted by molar-refractivity contribution is 5.85. The first-order chi connectivity index (χ1) is 24.5. The van der Waals surface area contributed by atoms with E-state index >= 15 is 0 Å². The van der Waals surface area contributed by atoms with E-state index in [2.05, 4.69) is 35.5 Å². The van der Waals surface area contributed by atoms with Crippen LogP contribution in [-0.2, 0) is 28.9 Å². The van der Waals surface area contributed by atoms with E-state index in [4.69, 9.17) is 0 Å². The van der Waals surface area contributed by atoms with Crippen LogP contribution < -0.4 is 0 Å². The van der Waals surface area contributed by atoms with Crippen molar-refractivity contribution in [3.63, 3.8) is 0 Å². The summed E-state index contributed by atoms with van der Waals surface area (Å²) in [5, 5.41) is 20.0. The van der Waals surface area contributed by atoms with Crippen LogP contribution in [0.15, 0.2) is 91.5 Å². The molecule has 2 fully saturated rings. The number of hydrogen-bond donors (Lipinski definition) is 1. The third-order valence-electron chi connectivity index (χ3n) is 8.94. The van der Waals surface area contributed by atoms with Gasteiger partial charge in [-0.15, -0.1) is 0 Å². The van der Waals surface area contributed by atoms with Gasteiger partial charge in [-0.2, -0.15) is 20.4 Å². The molecule has 0 spiro atoms. The van der Waals surface area contributed by atoms with Crippen molar-refractivity contribution in [3.8, 4) is 22.5 Å². The predicted octanol–water partition coefficient (Wildman–Crippen LogP) is 5.03. The summed E-state index contributed by atoms with van der Waals surface area (Å²) in [4.78, 5) is 45.4. The third-order valence-corrected chi connectivity index (χ3v) is 8.94. The van der Waals surface area contributed by atoms with Gasteiger partial charge in [0.2, 0.25) is 5.91 Å². The van der Waals surface area contributed by atoms with Gasteiger partial charge >= 0.3 is 0 Å². The average molecular weight is 667 g/mol. The molecule has 0 saturated heterocycles. The first-order valence-corrected chi connectivity index (χ1v) is 16.8. The Morgan fingerprint density at radius 2 is 1.30 bits per heavy atom. The first-order valence-electron chi connectivity index (χ1n) is 16.8. The van der Waals surface area contributed by atoms with Crippen molar-refractivity contribution in [2.24, 2.45) is 11.8 Å². The molecule has 2 aliphatic carbocycles. The van der Waals surface area contributed by atoms with Gasteiger partial charge in [0, 0.05) is 41.8 Å². The number of carbonyl (C=O) groups excluding carboxylic acids is 3. The zero-order valence-corrected chi connectivity index (χ0v) is 27.2. The highest BCUT2D eigenvalue weighted by Gasteiger charge is 2.31. The number of aryl methyl sites for hydroxylation is 1. The lowest BCUT2D eigenvalue weighted by molar-refractivity contribution is -0.120. The van der Waals surface area contributed by atoms with Gasteiger partial charge in [-0.25, -0.2) is 23.7 Å². The van der Waals surface area contributed by atoms with Crippen molar-refractivity contribution >= 4 is 28.8 Å². The number of ketones is 2. The average Bonchev–Trinajstić information content (AvgIpc) is 3.93. The quantitative estimate of drug-likeness (QED) is 0.200. The molecule has 0 aliphatic heterocycles. The Balaban J connectivity index is 0.000000156. The van der Waals surface area contributed by atoms with Gasteiger partial charge in [-0.05, 0) is 61.9 Å². The molecule has 9 rings (SSSR count). The Morgan fingerprint density at radius 3 is 1.86 bits per heavy atom. The van der Waals surface area contributed by atoms with Gasteiger partial charge in [-0.3, -0.25) is 19.5 Å². The number of pyridine rings is 2. The van der Waals surface area contributed by atoms with Crippen LogP contribution in [0, 0.1) is 11.8 Å². The van der Waals surface area contributed by atoms with Crippen molar-refractivity contribution in [2.75, 3.05) is 0 Å². The minimum absolute atomic E-state index is 0.0633. The zero-order valence-electron chi connectivity index (χ0n) is 27.2. The molecule has 6 aromatic heterocycles. The molecule has 13 heteroatoms. The van der Waals surface area contributed by atoms with Crippen LogP contribution in [0.25, 0.3) is 33.8 Å². The Morgan fingerprint density at radius 1 is 0.700 bits per heavy atom. The summed E-state index contributed by atoms with van der Waals surface area (Å²) in [6, 6.07) is 21.4. The lowest BCUT2D eigenvalue weighted by Crippen LogP contribution is -2.11. The fourth-order valence-corrected chi connectivity index (χ4v) is 5.89. The van der Waals surface area contributed by atoms with Crippen LogP contribution in [0.4, 0.5) is 0 Å². The maximum Gasteiger partial charge on any atom is 0.247 e. The maximum atomic E-state index is 12.5. The summed E-state index contributed by atoms with van der Waals surface area (Å²) >= 11 is 0. The highest BCUT2D eigenvalue weighted by atomic mass is 16.2.